The molecule has 0 atom stereocenters. The second kappa shape index (κ2) is 5.09. The quantitative estimate of drug-likeness (QED) is 0.766. The van der Waals surface area contributed by atoms with Crippen molar-refractivity contribution in [2.24, 2.45) is 0 Å². The van der Waals surface area contributed by atoms with E-state index >= 15 is 0 Å². The van der Waals surface area contributed by atoms with E-state index in [0.29, 0.717) is 6.67 Å². The number of hydrogen-bond acceptors (Lipinski definition) is 2. The number of rotatable bonds is 1. The molecule has 2 aromatic carbocycles. The first kappa shape index (κ1) is 13.4. The Morgan fingerprint density at radius 1 is 1.15 bits per heavy atom. The Morgan fingerprint density at radius 3 is 2.70 bits per heavy atom. The largest absolute Gasteiger partial charge is 0.354 e. The van der Waals surface area contributed by atoms with E-state index in [1.165, 1.54) is 17.3 Å². The number of para-hydroxylation sites is 1. The minimum atomic E-state index is -0.143. The Balaban J connectivity index is 2.02. The lowest BCUT2D eigenvalue weighted by molar-refractivity contribution is 0.607. The third-order valence-corrected chi connectivity index (χ3v) is 4.63. The monoisotopic (exact) mass is 334 g/mol. The van der Waals surface area contributed by atoms with E-state index in [1.807, 2.05) is 30.1 Å². The highest BCUT2D eigenvalue weighted by Crippen LogP contribution is 2.34. The van der Waals surface area contributed by atoms with Gasteiger partial charge in [-0.25, -0.2) is 4.39 Å². The Hall–Kier alpha value is -1.55. The molecule has 0 aliphatic carbocycles. The van der Waals surface area contributed by atoms with Crippen LogP contribution in [0.15, 0.2) is 40.9 Å². The van der Waals surface area contributed by atoms with Crippen molar-refractivity contribution in [1.29, 1.82) is 0 Å². The molecule has 20 heavy (non-hydrogen) atoms. The molecular formula is C16H16BrFN2. The average molecular weight is 335 g/mol. The number of hydrogen-bond donors (Lipinski definition) is 0. The summed E-state index contributed by atoms with van der Waals surface area (Å²) in [6.07, 6.45) is 0. The van der Waals surface area contributed by atoms with Gasteiger partial charge < -0.3 is 9.80 Å². The SMILES string of the molecule is Cc1c(Br)cccc1N1Cc2cccc(F)c2N(C)C1. The number of nitrogens with zero attached hydrogens (tertiary/aromatic N) is 2. The van der Waals surface area contributed by atoms with Gasteiger partial charge in [-0.15, -0.1) is 0 Å². The molecule has 4 heteroatoms. The maximum Gasteiger partial charge on any atom is 0.146 e. The van der Waals surface area contributed by atoms with Gasteiger partial charge in [-0.3, -0.25) is 0 Å². The molecule has 0 saturated carbocycles. The summed E-state index contributed by atoms with van der Waals surface area (Å²) in [5.41, 5.74) is 4.14. The third kappa shape index (κ3) is 2.18. The molecule has 0 saturated heterocycles. The van der Waals surface area contributed by atoms with E-state index in [-0.39, 0.29) is 5.82 Å². The summed E-state index contributed by atoms with van der Waals surface area (Å²) in [5, 5.41) is 0. The fraction of sp³-hybridized carbons (Fsp3) is 0.250. The van der Waals surface area contributed by atoms with Crippen LogP contribution in [0.2, 0.25) is 0 Å². The molecule has 0 fully saturated rings. The lowest BCUT2D eigenvalue weighted by atomic mass is 10.1. The van der Waals surface area contributed by atoms with Crippen molar-refractivity contribution < 1.29 is 4.39 Å². The summed E-state index contributed by atoms with van der Waals surface area (Å²) in [5.74, 6) is -0.143. The fourth-order valence-corrected chi connectivity index (χ4v) is 3.15. The van der Waals surface area contributed by atoms with Crippen molar-refractivity contribution in [1.82, 2.24) is 0 Å². The van der Waals surface area contributed by atoms with Gasteiger partial charge in [0.15, 0.2) is 0 Å². The third-order valence-electron chi connectivity index (χ3n) is 3.78. The van der Waals surface area contributed by atoms with Crippen molar-refractivity contribution in [2.75, 3.05) is 23.5 Å². The van der Waals surface area contributed by atoms with Crippen molar-refractivity contribution in [3.05, 3.63) is 57.8 Å². The second-order valence-electron chi connectivity index (χ2n) is 5.17. The van der Waals surface area contributed by atoms with Crippen LogP contribution in [0, 0.1) is 12.7 Å². The second-order valence-corrected chi connectivity index (χ2v) is 6.02. The predicted octanol–water partition coefficient (Wildman–Crippen LogP) is 4.31. The van der Waals surface area contributed by atoms with Gasteiger partial charge >= 0.3 is 0 Å². The van der Waals surface area contributed by atoms with E-state index in [2.05, 4.69) is 33.8 Å². The molecule has 2 aromatic rings. The van der Waals surface area contributed by atoms with E-state index in [4.69, 9.17) is 0 Å². The molecule has 0 unspecified atom stereocenters. The van der Waals surface area contributed by atoms with E-state index in [0.717, 1.165) is 22.3 Å². The van der Waals surface area contributed by atoms with Crippen molar-refractivity contribution in [3.63, 3.8) is 0 Å². The topological polar surface area (TPSA) is 6.48 Å². The van der Waals surface area contributed by atoms with Crippen LogP contribution in [-0.4, -0.2) is 13.7 Å². The Morgan fingerprint density at radius 2 is 1.90 bits per heavy atom. The van der Waals surface area contributed by atoms with Crippen LogP contribution in [-0.2, 0) is 6.54 Å². The molecule has 0 radical (unpaired) electrons. The van der Waals surface area contributed by atoms with Gasteiger partial charge in [-0.05, 0) is 36.2 Å². The highest BCUT2D eigenvalue weighted by Gasteiger charge is 2.23. The summed E-state index contributed by atoms with van der Waals surface area (Å²) in [6.45, 7) is 3.51. The molecule has 104 valence electrons. The van der Waals surface area contributed by atoms with Crippen LogP contribution >= 0.6 is 15.9 Å². The summed E-state index contributed by atoms with van der Waals surface area (Å²) in [7, 11) is 1.93. The van der Waals surface area contributed by atoms with Crippen molar-refractivity contribution in [2.45, 2.75) is 13.5 Å². The average Bonchev–Trinajstić information content (AvgIpc) is 2.41. The number of anilines is 2. The Bertz CT molecular complexity index is 657. The minimum Gasteiger partial charge on any atom is -0.354 e. The maximum atomic E-state index is 13.9. The molecule has 2 nitrogen and oxygen atoms in total. The van der Waals surface area contributed by atoms with Gasteiger partial charge in [0.2, 0.25) is 0 Å². The van der Waals surface area contributed by atoms with Crippen LogP contribution in [0.1, 0.15) is 11.1 Å². The van der Waals surface area contributed by atoms with E-state index in [1.54, 1.807) is 6.07 Å². The summed E-state index contributed by atoms with van der Waals surface area (Å²) < 4.78 is 15.0. The normalized spacial score (nSPS) is 14.4. The summed E-state index contributed by atoms with van der Waals surface area (Å²) >= 11 is 3.57. The fourth-order valence-electron chi connectivity index (χ4n) is 2.80. The van der Waals surface area contributed by atoms with Gasteiger partial charge in [-0.1, -0.05) is 34.1 Å². The molecule has 0 N–H and O–H groups in total. The lowest BCUT2D eigenvalue weighted by Crippen LogP contribution is -2.41. The first-order valence-corrected chi connectivity index (χ1v) is 7.36. The summed E-state index contributed by atoms with van der Waals surface area (Å²) in [4.78, 5) is 4.23. The predicted molar refractivity (Wildman–Crippen MR) is 84.7 cm³/mol. The van der Waals surface area contributed by atoms with Crippen LogP contribution in [0.4, 0.5) is 15.8 Å². The molecule has 1 aliphatic rings. The maximum absolute atomic E-state index is 13.9. The molecule has 1 aliphatic heterocycles. The first-order valence-electron chi connectivity index (χ1n) is 6.56. The van der Waals surface area contributed by atoms with Crippen LogP contribution in [0.3, 0.4) is 0 Å². The van der Waals surface area contributed by atoms with Crippen LogP contribution in [0.5, 0.6) is 0 Å². The van der Waals surface area contributed by atoms with Crippen molar-refractivity contribution >= 4 is 27.3 Å². The van der Waals surface area contributed by atoms with Crippen LogP contribution in [0.25, 0.3) is 0 Å². The van der Waals surface area contributed by atoms with E-state index < -0.39 is 0 Å². The smallest absolute Gasteiger partial charge is 0.146 e. The number of benzene rings is 2. The van der Waals surface area contributed by atoms with Gasteiger partial charge in [0.05, 0.1) is 12.4 Å². The highest BCUT2D eigenvalue weighted by atomic mass is 79.9. The van der Waals surface area contributed by atoms with E-state index in [9.17, 15) is 4.39 Å². The molecule has 0 bridgehead atoms. The number of halogens is 2. The Labute approximate surface area is 126 Å². The minimum absolute atomic E-state index is 0.143. The highest BCUT2D eigenvalue weighted by molar-refractivity contribution is 9.10. The molecular weight excluding hydrogens is 319 g/mol. The zero-order chi connectivity index (χ0) is 14.3. The zero-order valence-electron chi connectivity index (χ0n) is 11.5. The molecule has 1 heterocycles. The van der Waals surface area contributed by atoms with Crippen LogP contribution < -0.4 is 9.80 Å². The molecule has 0 amide bonds. The molecule has 3 rings (SSSR count). The van der Waals surface area contributed by atoms with Gasteiger partial charge in [-0.2, -0.15) is 0 Å². The zero-order valence-corrected chi connectivity index (χ0v) is 13.1. The van der Waals surface area contributed by atoms with Gasteiger partial charge in [0.1, 0.15) is 5.82 Å². The molecule has 0 spiro atoms. The number of fused-ring (bicyclic) bond motifs is 1. The van der Waals surface area contributed by atoms with Gasteiger partial charge in [0.25, 0.3) is 0 Å². The molecule has 0 aromatic heterocycles. The Kier molecular flexibility index (Phi) is 3.42. The van der Waals surface area contributed by atoms with Gasteiger partial charge in [0, 0.05) is 23.8 Å². The summed E-state index contributed by atoms with van der Waals surface area (Å²) in [6, 6.07) is 11.5. The first-order chi connectivity index (χ1) is 9.58. The standard InChI is InChI=1S/C16H16BrFN2/c1-11-13(17)6-4-8-15(11)20-9-12-5-3-7-14(18)16(12)19(2)10-20/h3-8H,9-10H2,1-2H3. The lowest BCUT2D eigenvalue weighted by Gasteiger charge is -2.38. The van der Waals surface area contributed by atoms with Crippen molar-refractivity contribution in [3.8, 4) is 0 Å².